The van der Waals surface area contributed by atoms with Gasteiger partial charge in [-0.3, -0.25) is 13.8 Å². The number of hydrogen-bond acceptors (Lipinski definition) is 11. The first kappa shape index (κ1) is 55.5. The molecule has 6 N–H and O–H groups in total. The maximum atomic E-state index is 12.8. The molecule has 1 fully saturated rings. The van der Waals surface area contributed by atoms with Crippen LogP contribution in [0.1, 0.15) is 142 Å². The van der Waals surface area contributed by atoms with Crippen molar-refractivity contribution in [3.05, 3.63) is 85.1 Å². The number of phosphoric acid groups is 1. The number of aliphatic hydroxyl groups is 5. The monoisotopic (exact) mass is 867 g/mol. The van der Waals surface area contributed by atoms with Crippen LogP contribution in [0.25, 0.3) is 0 Å². The minimum atomic E-state index is -5.03. The lowest BCUT2D eigenvalue weighted by Crippen LogP contribution is -2.64. The minimum absolute atomic E-state index is 0.102. The summed E-state index contributed by atoms with van der Waals surface area (Å²) in [6.07, 6.45) is 36.6. The Bertz CT molecular complexity index is 1310. The third-order valence-electron chi connectivity index (χ3n) is 9.76. The lowest BCUT2D eigenvalue weighted by molar-refractivity contribution is -0.220. The van der Waals surface area contributed by atoms with E-state index in [1.807, 2.05) is 0 Å². The molecular formula is C47H79O12P. The zero-order chi connectivity index (χ0) is 44.1. The number of carbonyl (C=O) groups is 1. The molecule has 0 saturated heterocycles. The largest absolute Gasteiger partial charge is 0.472 e. The Balaban J connectivity index is 2.42. The molecule has 0 aromatic heterocycles. The zero-order valence-electron chi connectivity index (χ0n) is 36.5. The van der Waals surface area contributed by atoms with E-state index < -0.39 is 63.1 Å². The molecule has 60 heavy (non-hydrogen) atoms. The molecule has 0 aliphatic heterocycles. The quantitative estimate of drug-likeness (QED) is 0.0152. The van der Waals surface area contributed by atoms with Crippen molar-refractivity contribution in [2.75, 3.05) is 19.8 Å². The molecule has 1 rings (SSSR count). The Morgan fingerprint density at radius 3 is 1.42 bits per heavy atom. The van der Waals surface area contributed by atoms with Gasteiger partial charge < -0.3 is 39.9 Å². The Morgan fingerprint density at radius 1 is 0.533 bits per heavy atom. The average molecular weight is 867 g/mol. The van der Waals surface area contributed by atoms with E-state index in [9.17, 15) is 39.8 Å². The van der Waals surface area contributed by atoms with E-state index in [2.05, 4.69) is 98.9 Å². The van der Waals surface area contributed by atoms with Crippen LogP contribution in [0.3, 0.4) is 0 Å². The molecule has 0 radical (unpaired) electrons. The molecule has 0 aromatic carbocycles. The van der Waals surface area contributed by atoms with Crippen LogP contribution in [0.5, 0.6) is 0 Å². The summed E-state index contributed by atoms with van der Waals surface area (Å²) in [6.45, 7) is 3.95. The first-order valence-corrected chi connectivity index (χ1v) is 23.9. The molecule has 6 atom stereocenters. The van der Waals surface area contributed by atoms with Crippen molar-refractivity contribution in [1.29, 1.82) is 0 Å². The lowest BCUT2D eigenvalue weighted by atomic mass is 9.85. The number of phosphoric ester groups is 1. The van der Waals surface area contributed by atoms with Crippen molar-refractivity contribution in [3.63, 3.8) is 0 Å². The smallest absolute Gasteiger partial charge is 0.457 e. The molecule has 0 amide bonds. The second-order valence-electron chi connectivity index (χ2n) is 15.1. The Labute approximate surface area is 361 Å². The van der Waals surface area contributed by atoms with Crippen LogP contribution in [0.2, 0.25) is 0 Å². The summed E-state index contributed by atoms with van der Waals surface area (Å²) >= 11 is 0. The molecule has 12 nitrogen and oxygen atoms in total. The molecule has 0 heterocycles. The highest BCUT2D eigenvalue weighted by atomic mass is 31.2. The number of rotatable bonds is 36. The predicted molar refractivity (Wildman–Crippen MR) is 239 cm³/mol. The van der Waals surface area contributed by atoms with Gasteiger partial charge in [-0.05, 0) is 83.5 Å². The van der Waals surface area contributed by atoms with E-state index >= 15 is 0 Å². The molecule has 344 valence electrons. The third-order valence-corrected chi connectivity index (χ3v) is 10.7. The van der Waals surface area contributed by atoms with Gasteiger partial charge in [0, 0.05) is 13.0 Å². The predicted octanol–water partition coefficient (Wildman–Crippen LogP) is 8.97. The molecule has 13 heteroatoms. The highest BCUT2D eigenvalue weighted by Crippen LogP contribution is 2.47. The van der Waals surface area contributed by atoms with Crippen molar-refractivity contribution in [1.82, 2.24) is 0 Å². The van der Waals surface area contributed by atoms with Crippen LogP contribution < -0.4 is 0 Å². The number of hydrogen-bond donors (Lipinski definition) is 6. The van der Waals surface area contributed by atoms with Gasteiger partial charge in [-0.25, -0.2) is 4.57 Å². The van der Waals surface area contributed by atoms with Crippen molar-refractivity contribution < 1.29 is 58.3 Å². The average Bonchev–Trinajstić information content (AvgIpc) is 3.23. The van der Waals surface area contributed by atoms with Crippen LogP contribution in [-0.4, -0.2) is 98.9 Å². The second-order valence-corrected chi connectivity index (χ2v) is 16.5. The van der Waals surface area contributed by atoms with Crippen LogP contribution in [0.15, 0.2) is 85.1 Å². The molecule has 0 aromatic rings. The molecule has 1 aliphatic carbocycles. The number of allylic oxidation sites excluding steroid dienone is 14. The molecule has 1 saturated carbocycles. The van der Waals surface area contributed by atoms with Gasteiger partial charge in [0.1, 0.15) is 42.7 Å². The van der Waals surface area contributed by atoms with Gasteiger partial charge in [-0.15, -0.1) is 0 Å². The summed E-state index contributed by atoms with van der Waals surface area (Å²) in [4.78, 5) is 23.1. The van der Waals surface area contributed by atoms with Crippen molar-refractivity contribution in [2.24, 2.45) is 0 Å². The van der Waals surface area contributed by atoms with Gasteiger partial charge in [0.15, 0.2) is 0 Å². The van der Waals surface area contributed by atoms with Crippen molar-refractivity contribution in [2.45, 2.75) is 185 Å². The summed E-state index contributed by atoms with van der Waals surface area (Å²) in [5.74, 6) is -0.515. The lowest BCUT2D eigenvalue weighted by Gasteiger charge is -2.41. The molecule has 1 aliphatic rings. The molecule has 6 unspecified atom stereocenters. The molecule has 0 bridgehead atoms. The number of aliphatic hydroxyl groups excluding tert-OH is 5. The number of unbranched alkanes of at least 4 members (excludes halogenated alkanes) is 10. The normalized spacial score (nSPS) is 23.1. The Kier molecular flexibility index (Phi) is 34.3. The van der Waals surface area contributed by atoms with Crippen LogP contribution in [0, 0.1) is 0 Å². The maximum absolute atomic E-state index is 12.8. The van der Waals surface area contributed by atoms with E-state index in [4.69, 9.17) is 18.5 Å². The number of ether oxygens (including phenoxy) is 2. The van der Waals surface area contributed by atoms with E-state index in [1.165, 1.54) is 19.3 Å². The van der Waals surface area contributed by atoms with Crippen LogP contribution in [-0.2, 0) is 27.9 Å². The summed E-state index contributed by atoms with van der Waals surface area (Å²) in [6, 6.07) is 0. The van der Waals surface area contributed by atoms with E-state index in [0.29, 0.717) is 13.0 Å². The fourth-order valence-corrected chi connectivity index (χ4v) is 7.21. The summed E-state index contributed by atoms with van der Waals surface area (Å²) in [5, 5.41) is 50.1. The van der Waals surface area contributed by atoms with Gasteiger partial charge >= 0.3 is 13.8 Å². The van der Waals surface area contributed by atoms with Gasteiger partial charge in [-0.2, -0.15) is 0 Å². The zero-order valence-corrected chi connectivity index (χ0v) is 37.4. The first-order valence-electron chi connectivity index (χ1n) is 22.4. The topological polar surface area (TPSA) is 192 Å². The number of carbonyl (C=O) groups excluding carboxylic acids is 1. The minimum Gasteiger partial charge on any atom is -0.457 e. The van der Waals surface area contributed by atoms with Crippen molar-refractivity contribution in [3.8, 4) is 0 Å². The summed E-state index contributed by atoms with van der Waals surface area (Å²) in [7, 11) is -5.03. The highest BCUT2D eigenvalue weighted by molar-refractivity contribution is 7.47. The second kappa shape index (κ2) is 37.1. The van der Waals surface area contributed by atoms with E-state index in [-0.39, 0.29) is 13.0 Å². The number of esters is 1. The van der Waals surface area contributed by atoms with Gasteiger partial charge in [0.05, 0.1) is 13.2 Å². The maximum Gasteiger partial charge on any atom is 0.472 e. The molecular weight excluding hydrogens is 787 g/mol. The Morgan fingerprint density at radius 2 is 0.933 bits per heavy atom. The van der Waals surface area contributed by atoms with Gasteiger partial charge in [-0.1, -0.05) is 137 Å². The van der Waals surface area contributed by atoms with Crippen molar-refractivity contribution >= 4 is 13.8 Å². The summed E-state index contributed by atoms with van der Waals surface area (Å²) < 4.78 is 34.1. The fourth-order valence-electron chi connectivity index (χ4n) is 6.24. The summed E-state index contributed by atoms with van der Waals surface area (Å²) in [5.41, 5.74) is 0. The third kappa shape index (κ3) is 28.9. The standard InChI is InChI=1S/C47H79O12P/c1-3-5-7-9-11-13-15-17-18-19-20-21-22-23-25-27-29-31-33-35-37-56-38-40(39-57-60(54,55)59-47-45(52)43(50)42(49)44(51)46(47)53)58-41(48)36-34-32-30-28-26-24-16-14-12-10-8-6-4-2/h5-8,11-14,17-18,20-21,24,26,40,42-47,49-53H,3-4,9-10,15-16,19,22-23,25,27-39H2,1-2H3,(H,54,55)/b7-5-,8-6-,13-11-,14-12-,18-17-,21-20-,26-24-. The first-order chi connectivity index (χ1) is 29.0. The highest BCUT2D eigenvalue weighted by Gasteiger charge is 2.51. The Hall–Kier alpha value is -2.48. The fraction of sp³-hybridized carbons (Fsp3) is 0.681. The van der Waals surface area contributed by atoms with Crippen LogP contribution in [0.4, 0.5) is 0 Å². The van der Waals surface area contributed by atoms with E-state index in [1.54, 1.807) is 0 Å². The van der Waals surface area contributed by atoms with Crippen LogP contribution >= 0.6 is 7.82 Å². The van der Waals surface area contributed by atoms with Gasteiger partial charge in [0.2, 0.25) is 0 Å². The van der Waals surface area contributed by atoms with E-state index in [0.717, 1.165) is 96.3 Å². The van der Waals surface area contributed by atoms with Gasteiger partial charge in [0.25, 0.3) is 0 Å². The SMILES string of the molecule is CC/C=C\C/C=C\C/C=C\C/C=C\CCCCCCCCCOCC(COP(=O)(O)OC1C(O)C(O)C(O)C(O)C1O)OC(=O)CCCCC/C=C\C/C=C\C/C=C\CC. The molecule has 0 spiro atoms.